The van der Waals surface area contributed by atoms with Crippen molar-refractivity contribution in [1.29, 1.82) is 0 Å². The molecule has 1 saturated heterocycles. The highest BCUT2D eigenvalue weighted by molar-refractivity contribution is 9.10. The zero-order chi connectivity index (χ0) is 16.0. The van der Waals surface area contributed by atoms with Gasteiger partial charge < -0.3 is 4.90 Å². The molecule has 0 radical (unpaired) electrons. The molecule has 0 aromatic carbocycles. The van der Waals surface area contributed by atoms with E-state index in [4.69, 9.17) is 0 Å². The number of fused-ring (bicyclic) bond motifs is 1. The summed E-state index contributed by atoms with van der Waals surface area (Å²) in [5.74, 6) is -2.14. The molecule has 8 heteroatoms. The summed E-state index contributed by atoms with van der Waals surface area (Å²) < 4.78 is 29.4. The van der Waals surface area contributed by atoms with Crippen LogP contribution in [0.2, 0.25) is 0 Å². The van der Waals surface area contributed by atoms with Crippen LogP contribution in [-0.2, 0) is 0 Å². The minimum atomic E-state index is -2.65. The van der Waals surface area contributed by atoms with Crippen molar-refractivity contribution in [3.63, 3.8) is 0 Å². The molecule has 0 unspecified atom stereocenters. The highest BCUT2D eigenvalue weighted by Gasteiger charge is 2.38. The molecule has 0 N–H and O–H groups in total. The second-order valence-corrected chi connectivity index (χ2v) is 6.30. The normalized spacial score (nSPS) is 17.1. The first-order valence-corrected chi connectivity index (χ1v) is 7.90. The van der Waals surface area contributed by atoms with Gasteiger partial charge in [0.15, 0.2) is 5.65 Å². The topological polar surface area (TPSA) is 46.3 Å². The van der Waals surface area contributed by atoms with E-state index in [0.717, 1.165) is 16.0 Å². The van der Waals surface area contributed by atoms with E-state index in [2.05, 4.69) is 30.9 Å². The maximum absolute atomic E-state index is 13.4. The number of halogens is 3. The SMILES string of the molecule is FC1(F)CCN(c2cn3c(-c4cccc(Br)n4)cnc3cn2)C1. The van der Waals surface area contributed by atoms with Crippen molar-refractivity contribution in [2.24, 2.45) is 0 Å². The molecular weight excluding hydrogens is 368 g/mol. The largest absolute Gasteiger partial charge is 0.349 e. The third-order valence-electron chi connectivity index (χ3n) is 3.85. The van der Waals surface area contributed by atoms with E-state index in [-0.39, 0.29) is 13.0 Å². The third kappa shape index (κ3) is 2.67. The van der Waals surface area contributed by atoms with Gasteiger partial charge in [0.25, 0.3) is 5.92 Å². The molecule has 0 spiro atoms. The number of hydrogen-bond acceptors (Lipinski definition) is 4. The van der Waals surface area contributed by atoms with E-state index in [9.17, 15) is 8.78 Å². The van der Waals surface area contributed by atoms with Crippen LogP contribution in [0.25, 0.3) is 17.0 Å². The highest BCUT2D eigenvalue weighted by atomic mass is 79.9. The third-order valence-corrected chi connectivity index (χ3v) is 4.30. The summed E-state index contributed by atoms with van der Waals surface area (Å²) in [6.45, 7) is -0.00462. The van der Waals surface area contributed by atoms with Gasteiger partial charge in [-0.15, -0.1) is 0 Å². The summed E-state index contributed by atoms with van der Waals surface area (Å²) in [6, 6.07) is 5.60. The lowest BCUT2D eigenvalue weighted by Crippen LogP contribution is -2.25. The summed E-state index contributed by atoms with van der Waals surface area (Å²) in [5, 5.41) is 0. The molecule has 0 atom stereocenters. The number of anilines is 1. The second kappa shape index (κ2) is 5.23. The van der Waals surface area contributed by atoms with Crippen molar-refractivity contribution in [1.82, 2.24) is 19.4 Å². The summed E-state index contributed by atoms with van der Waals surface area (Å²) >= 11 is 3.35. The van der Waals surface area contributed by atoms with Crippen molar-refractivity contribution < 1.29 is 8.78 Å². The van der Waals surface area contributed by atoms with Crippen LogP contribution < -0.4 is 4.90 Å². The van der Waals surface area contributed by atoms with E-state index < -0.39 is 5.92 Å². The Morgan fingerprint density at radius 1 is 1.17 bits per heavy atom. The molecule has 0 saturated carbocycles. The highest BCUT2D eigenvalue weighted by Crippen LogP contribution is 2.30. The summed E-state index contributed by atoms with van der Waals surface area (Å²) in [6.07, 6.45) is 4.89. The first kappa shape index (κ1) is 14.5. The fourth-order valence-corrected chi connectivity index (χ4v) is 3.06. The van der Waals surface area contributed by atoms with Crippen molar-refractivity contribution in [2.75, 3.05) is 18.0 Å². The Labute approximate surface area is 139 Å². The molecule has 3 aromatic rings. The quantitative estimate of drug-likeness (QED) is 0.640. The lowest BCUT2D eigenvalue weighted by atomic mass is 10.3. The van der Waals surface area contributed by atoms with Crippen molar-refractivity contribution >= 4 is 27.4 Å². The maximum atomic E-state index is 13.4. The Kier molecular flexibility index (Phi) is 3.29. The van der Waals surface area contributed by atoms with Gasteiger partial charge in [0.2, 0.25) is 0 Å². The van der Waals surface area contributed by atoms with Gasteiger partial charge in [-0.1, -0.05) is 6.07 Å². The van der Waals surface area contributed by atoms with Crippen LogP contribution in [0.3, 0.4) is 0 Å². The summed E-state index contributed by atoms with van der Waals surface area (Å²) in [7, 11) is 0. The standard InChI is InChI=1S/C15H12BrF2N5/c16-12-3-1-2-10(21-12)11-6-19-13-7-20-14(8-23(11)13)22-5-4-15(17,18)9-22/h1-3,6-8H,4-5,9H2. The van der Waals surface area contributed by atoms with Crippen molar-refractivity contribution in [2.45, 2.75) is 12.3 Å². The van der Waals surface area contributed by atoms with Crippen LogP contribution in [0.4, 0.5) is 14.6 Å². The minimum absolute atomic E-state index is 0.142. The molecule has 118 valence electrons. The molecule has 5 nitrogen and oxygen atoms in total. The Balaban J connectivity index is 1.78. The van der Waals surface area contributed by atoms with Crippen molar-refractivity contribution in [3.8, 4) is 11.4 Å². The molecule has 0 amide bonds. The maximum Gasteiger partial charge on any atom is 0.266 e. The number of rotatable bonds is 2. The van der Waals surface area contributed by atoms with Crippen LogP contribution in [0.1, 0.15) is 6.42 Å². The van der Waals surface area contributed by atoms with Crippen LogP contribution in [0.5, 0.6) is 0 Å². The Hall–Kier alpha value is -2.09. The molecule has 4 heterocycles. The number of imidazole rings is 1. The van der Waals surface area contributed by atoms with Crippen LogP contribution in [0, 0.1) is 0 Å². The van der Waals surface area contributed by atoms with E-state index >= 15 is 0 Å². The zero-order valence-corrected chi connectivity index (χ0v) is 13.5. The van der Waals surface area contributed by atoms with Gasteiger partial charge >= 0.3 is 0 Å². The van der Waals surface area contributed by atoms with E-state index in [1.165, 1.54) is 0 Å². The fourth-order valence-electron chi connectivity index (χ4n) is 2.71. The molecule has 23 heavy (non-hydrogen) atoms. The van der Waals surface area contributed by atoms with Crippen LogP contribution in [-0.4, -0.2) is 38.4 Å². The molecule has 3 aromatic heterocycles. The molecule has 1 fully saturated rings. The van der Waals surface area contributed by atoms with Crippen molar-refractivity contribution in [3.05, 3.63) is 41.4 Å². The number of nitrogens with zero attached hydrogens (tertiary/aromatic N) is 5. The summed E-state index contributed by atoms with van der Waals surface area (Å²) in [5.41, 5.74) is 2.18. The Morgan fingerprint density at radius 2 is 2.04 bits per heavy atom. The zero-order valence-electron chi connectivity index (χ0n) is 12.0. The molecule has 1 aliphatic rings. The minimum Gasteiger partial charge on any atom is -0.349 e. The number of alkyl halides is 2. The first-order valence-electron chi connectivity index (χ1n) is 7.11. The number of hydrogen-bond donors (Lipinski definition) is 0. The fraction of sp³-hybridized carbons (Fsp3) is 0.267. The van der Waals surface area contributed by atoms with Gasteiger partial charge in [-0.05, 0) is 28.1 Å². The van der Waals surface area contributed by atoms with Gasteiger partial charge in [0.1, 0.15) is 10.4 Å². The predicted molar refractivity (Wildman–Crippen MR) is 85.7 cm³/mol. The Morgan fingerprint density at radius 3 is 2.78 bits per heavy atom. The van der Waals surface area contributed by atoms with Gasteiger partial charge in [-0.3, -0.25) is 4.40 Å². The number of aromatic nitrogens is 4. The molecule has 1 aliphatic heterocycles. The average molecular weight is 380 g/mol. The smallest absolute Gasteiger partial charge is 0.266 e. The number of pyridine rings is 1. The van der Waals surface area contributed by atoms with E-state index in [1.54, 1.807) is 23.5 Å². The van der Waals surface area contributed by atoms with Gasteiger partial charge in [-0.2, -0.15) is 0 Å². The van der Waals surface area contributed by atoms with Crippen LogP contribution in [0.15, 0.2) is 41.4 Å². The predicted octanol–water partition coefficient (Wildman–Crippen LogP) is 3.40. The summed E-state index contributed by atoms with van der Waals surface area (Å²) in [4.78, 5) is 14.6. The second-order valence-electron chi connectivity index (χ2n) is 5.49. The van der Waals surface area contributed by atoms with E-state index in [1.807, 2.05) is 22.6 Å². The molecule has 0 bridgehead atoms. The van der Waals surface area contributed by atoms with Gasteiger partial charge in [0, 0.05) is 13.0 Å². The average Bonchev–Trinajstić information content (AvgIpc) is 3.09. The lowest BCUT2D eigenvalue weighted by Gasteiger charge is -2.17. The first-order chi connectivity index (χ1) is 11.0. The lowest BCUT2D eigenvalue weighted by molar-refractivity contribution is 0.0256. The monoisotopic (exact) mass is 379 g/mol. The Bertz CT molecular complexity index is 879. The van der Waals surface area contributed by atoms with Gasteiger partial charge in [0.05, 0.1) is 36.5 Å². The van der Waals surface area contributed by atoms with Gasteiger partial charge in [-0.25, -0.2) is 23.7 Å². The molecular formula is C15H12BrF2N5. The van der Waals surface area contributed by atoms with Crippen LogP contribution >= 0.6 is 15.9 Å². The molecule has 4 rings (SSSR count). The molecule has 0 aliphatic carbocycles. The van der Waals surface area contributed by atoms with E-state index in [0.29, 0.717) is 18.0 Å².